The minimum atomic E-state index is 0.411. The van der Waals surface area contributed by atoms with Crippen LogP contribution in [0, 0.1) is 5.92 Å². The van der Waals surface area contributed by atoms with Crippen molar-refractivity contribution >= 4 is 11.6 Å². The van der Waals surface area contributed by atoms with Crippen LogP contribution in [0.3, 0.4) is 0 Å². The zero-order chi connectivity index (χ0) is 11.1. The van der Waals surface area contributed by atoms with Crippen LogP contribution < -0.4 is 0 Å². The van der Waals surface area contributed by atoms with E-state index in [0.717, 1.165) is 36.2 Å². The molecule has 2 aromatic heterocycles. The number of imidazole rings is 1. The Hall–Kier alpha value is -1.22. The number of rotatable bonds is 1. The van der Waals surface area contributed by atoms with Crippen LogP contribution >= 0.6 is 11.6 Å². The summed E-state index contributed by atoms with van der Waals surface area (Å²) in [5, 5.41) is 0.411. The summed E-state index contributed by atoms with van der Waals surface area (Å²) < 4.78 is 7.59. The van der Waals surface area contributed by atoms with Gasteiger partial charge >= 0.3 is 0 Å². The van der Waals surface area contributed by atoms with E-state index in [-0.39, 0.29) is 0 Å². The lowest BCUT2D eigenvalue weighted by atomic mass is 10.0. The van der Waals surface area contributed by atoms with Crippen molar-refractivity contribution in [2.75, 3.05) is 0 Å². The first-order valence-electron chi connectivity index (χ1n) is 5.54. The second-order valence-corrected chi connectivity index (χ2v) is 4.81. The van der Waals surface area contributed by atoms with Gasteiger partial charge < -0.3 is 8.98 Å². The second kappa shape index (κ2) is 3.67. The highest BCUT2D eigenvalue weighted by Crippen LogP contribution is 2.27. The largest absolute Gasteiger partial charge is 0.443 e. The molecule has 0 radical (unpaired) electrons. The van der Waals surface area contributed by atoms with Crippen molar-refractivity contribution < 1.29 is 4.42 Å². The van der Waals surface area contributed by atoms with Gasteiger partial charge in [0.05, 0.1) is 0 Å². The van der Waals surface area contributed by atoms with E-state index in [2.05, 4.69) is 22.7 Å². The number of hydrogen-bond acceptors (Lipinski definition) is 2. The maximum Gasteiger partial charge on any atom is 0.194 e. The standard InChI is InChI=1S/C12H13ClN2O/c1-8-2-5-12-14-9(7-15(12)6-8)10-3-4-11(13)16-10/h3-4,7-8H,2,5-6H2,1H3. The Morgan fingerprint density at radius 2 is 2.38 bits per heavy atom. The zero-order valence-electron chi connectivity index (χ0n) is 9.11. The molecule has 0 amide bonds. The number of aromatic nitrogens is 2. The van der Waals surface area contributed by atoms with Gasteiger partial charge in [0.15, 0.2) is 11.0 Å². The average molecular weight is 237 g/mol. The molecule has 0 N–H and O–H groups in total. The SMILES string of the molecule is CC1CCc2nc(-c3ccc(Cl)o3)cn2C1. The summed E-state index contributed by atoms with van der Waals surface area (Å²) in [6, 6.07) is 3.61. The molecule has 3 rings (SSSR count). The molecular weight excluding hydrogens is 224 g/mol. The molecule has 0 saturated heterocycles. The summed E-state index contributed by atoms with van der Waals surface area (Å²) in [7, 11) is 0. The Morgan fingerprint density at radius 1 is 1.50 bits per heavy atom. The first kappa shape index (κ1) is 9.97. The molecule has 0 saturated carbocycles. The topological polar surface area (TPSA) is 31.0 Å². The molecule has 3 heterocycles. The van der Waals surface area contributed by atoms with Crippen LogP contribution in [0.5, 0.6) is 0 Å². The Morgan fingerprint density at radius 3 is 3.12 bits per heavy atom. The second-order valence-electron chi connectivity index (χ2n) is 4.44. The van der Waals surface area contributed by atoms with Crippen molar-refractivity contribution in [1.29, 1.82) is 0 Å². The molecule has 84 valence electrons. The Balaban J connectivity index is 1.98. The van der Waals surface area contributed by atoms with E-state index in [1.807, 2.05) is 6.07 Å². The normalized spacial score (nSPS) is 19.8. The van der Waals surface area contributed by atoms with Crippen molar-refractivity contribution in [3.05, 3.63) is 29.4 Å². The quantitative estimate of drug-likeness (QED) is 0.760. The molecule has 0 fully saturated rings. The first-order chi connectivity index (χ1) is 7.72. The molecule has 1 aliphatic heterocycles. The van der Waals surface area contributed by atoms with Gasteiger partial charge in [-0.1, -0.05) is 6.92 Å². The number of fused-ring (bicyclic) bond motifs is 1. The van der Waals surface area contributed by atoms with Gasteiger partial charge in [0, 0.05) is 19.2 Å². The third-order valence-electron chi connectivity index (χ3n) is 3.05. The van der Waals surface area contributed by atoms with E-state index in [9.17, 15) is 0 Å². The van der Waals surface area contributed by atoms with Gasteiger partial charge in [0.1, 0.15) is 11.5 Å². The molecule has 16 heavy (non-hydrogen) atoms. The maximum atomic E-state index is 5.76. The van der Waals surface area contributed by atoms with Crippen LogP contribution in [-0.4, -0.2) is 9.55 Å². The third kappa shape index (κ3) is 1.65. The highest BCUT2D eigenvalue weighted by Gasteiger charge is 2.18. The first-order valence-corrected chi connectivity index (χ1v) is 5.92. The van der Waals surface area contributed by atoms with Gasteiger partial charge in [-0.3, -0.25) is 0 Å². The molecule has 0 bridgehead atoms. The lowest BCUT2D eigenvalue weighted by molar-refractivity contribution is 0.394. The van der Waals surface area contributed by atoms with Crippen molar-refractivity contribution in [1.82, 2.24) is 9.55 Å². The molecule has 0 aliphatic carbocycles. The van der Waals surface area contributed by atoms with E-state index in [1.54, 1.807) is 6.07 Å². The lowest BCUT2D eigenvalue weighted by Crippen LogP contribution is -2.17. The lowest BCUT2D eigenvalue weighted by Gasteiger charge is -2.19. The highest BCUT2D eigenvalue weighted by molar-refractivity contribution is 6.28. The van der Waals surface area contributed by atoms with Gasteiger partial charge in [-0.25, -0.2) is 4.98 Å². The molecule has 1 unspecified atom stereocenters. The molecule has 3 nitrogen and oxygen atoms in total. The fourth-order valence-corrected chi connectivity index (χ4v) is 2.33. The summed E-state index contributed by atoms with van der Waals surface area (Å²) in [6.45, 7) is 3.32. The Labute approximate surface area is 99.0 Å². The minimum absolute atomic E-state index is 0.411. The Kier molecular flexibility index (Phi) is 2.28. The van der Waals surface area contributed by atoms with Crippen LogP contribution in [0.4, 0.5) is 0 Å². The number of halogens is 1. The van der Waals surface area contributed by atoms with E-state index in [4.69, 9.17) is 16.0 Å². The smallest absolute Gasteiger partial charge is 0.194 e. The monoisotopic (exact) mass is 236 g/mol. The van der Waals surface area contributed by atoms with Crippen LogP contribution in [-0.2, 0) is 13.0 Å². The highest BCUT2D eigenvalue weighted by atomic mass is 35.5. The van der Waals surface area contributed by atoms with Gasteiger partial charge in [-0.15, -0.1) is 0 Å². The molecule has 2 aromatic rings. The van der Waals surface area contributed by atoms with Crippen LogP contribution in [0.1, 0.15) is 19.2 Å². The zero-order valence-corrected chi connectivity index (χ0v) is 9.87. The summed E-state index contributed by atoms with van der Waals surface area (Å²) >= 11 is 5.76. The third-order valence-corrected chi connectivity index (χ3v) is 3.26. The maximum absolute atomic E-state index is 5.76. The van der Waals surface area contributed by atoms with Crippen molar-refractivity contribution in [3.8, 4) is 11.5 Å². The van der Waals surface area contributed by atoms with Crippen LogP contribution in [0.2, 0.25) is 5.22 Å². The summed E-state index contributed by atoms with van der Waals surface area (Å²) in [4.78, 5) is 4.58. The van der Waals surface area contributed by atoms with Crippen molar-refractivity contribution in [2.24, 2.45) is 5.92 Å². The average Bonchev–Trinajstić information content (AvgIpc) is 2.83. The van der Waals surface area contributed by atoms with E-state index < -0.39 is 0 Å². The van der Waals surface area contributed by atoms with Gasteiger partial charge in [0.25, 0.3) is 0 Å². The summed E-state index contributed by atoms with van der Waals surface area (Å²) in [5.74, 6) is 2.63. The van der Waals surface area contributed by atoms with Crippen molar-refractivity contribution in [3.63, 3.8) is 0 Å². The number of aryl methyl sites for hydroxylation is 1. The van der Waals surface area contributed by atoms with Gasteiger partial charge in [-0.05, 0) is 36.1 Å². The minimum Gasteiger partial charge on any atom is -0.443 e. The molecule has 1 aliphatic rings. The Bertz CT molecular complexity index is 515. The fourth-order valence-electron chi connectivity index (χ4n) is 2.19. The molecule has 0 spiro atoms. The van der Waals surface area contributed by atoms with E-state index in [0.29, 0.717) is 5.22 Å². The molecule has 0 aromatic carbocycles. The van der Waals surface area contributed by atoms with Gasteiger partial charge in [-0.2, -0.15) is 0 Å². The van der Waals surface area contributed by atoms with E-state index in [1.165, 1.54) is 6.42 Å². The number of furan rings is 1. The molecular formula is C12H13ClN2O. The predicted molar refractivity (Wildman–Crippen MR) is 62.4 cm³/mol. The number of hydrogen-bond donors (Lipinski definition) is 0. The predicted octanol–water partition coefficient (Wildman–Crippen LogP) is 3.38. The van der Waals surface area contributed by atoms with Crippen LogP contribution in [0.25, 0.3) is 11.5 Å². The number of nitrogens with zero attached hydrogens (tertiary/aromatic N) is 2. The van der Waals surface area contributed by atoms with Gasteiger partial charge in [0.2, 0.25) is 0 Å². The summed E-state index contributed by atoms with van der Waals surface area (Å²) in [5.41, 5.74) is 0.885. The molecule has 4 heteroatoms. The van der Waals surface area contributed by atoms with Crippen molar-refractivity contribution in [2.45, 2.75) is 26.3 Å². The summed E-state index contributed by atoms with van der Waals surface area (Å²) in [6.07, 6.45) is 4.32. The molecule has 1 atom stereocenters. The van der Waals surface area contributed by atoms with Crippen LogP contribution in [0.15, 0.2) is 22.7 Å². The van der Waals surface area contributed by atoms with E-state index >= 15 is 0 Å². The fraction of sp³-hybridized carbons (Fsp3) is 0.417.